The van der Waals surface area contributed by atoms with Crippen molar-refractivity contribution in [2.45, 2.75) is 31.6 Å². The topological polar surface area (TPSA) is 54.4 Å². The van der Waals surface area contributed by atoms with Crippen molar-refractivity contribution in [1.29, 1.82) is 0 Å². The quantitative estimate of drug-likeness (QED) is 0.829. The van der Waals surface area contributed by atoms with E-state index in [1.165, 1.54) is 0 Å². The third-order valence-electron chi connectivity index (χ3n) is 3.53. The number of carbonyl (C=O) groups is 2. The molecule has 1 aromatic carbocycles. The molecule has 0 unspecified atom stereocenters. The van der Waals surface area contributed by atoms with Gasteiger partial charge in [-0.1, -0.05) is 31.2 Å². The van der Waals surface area contributed by atoms with Crippen molar-refractivity contribution in [2.75, 3.05) is 0 Å². The predicted molar refractivity (Wildman–Crippen MR) is 59.6 cm³/mol. The van der Waals surface area contributed by atoms with Crippen molar-refractivity contribution in [3.05, 3.63) is 35.4 Å². The second-order valence-electron chi connectivity index (χ2n) is 4.21. The van der Waals surface area contributed by atoms with Crippen molar-refractivity contribution in [3.8, 4) is 0 Å². The third-order valence-corrected chi connectivity index (χ3v) is 3.53. The van der Waals surface area contributed by atoms with Crippen LogP contribution in [-0.2, 0) is 10.2 Å². The first-order valence-electron chi connectivity index (χ1n) is 5.48. The predicted octanol–water partition coefficient (Wildman–Crippen LogP) is 2.40. The first-order valence-corrected chi connectivity index (χ1v) is 5.48. The van der Waals surface area contributed by atoms with Crippen LogP contribution in [0.15, 0.2) is 24.3 Å². The molecule has 1 aliphatic carbocycles. The number of benzene rings is 1. The zero-order valence-corrected chi connectivity index (χ0v) is 9.19. The Hall–Kier alpha value is -1.64. The second kappa shape index (κ2) is 3.74. The van der Waals surface area contributed by atoms with E-state index in [1.807, 2.05) is 6.92 Å². The number of rotatable bonds is 2. The molecule has 0 radical (unpaired) electrons. The highest BCUT2D eigenvalue weighted by molar-refractivity contribution is 6.02. The first kappa shape index (κ1) is 10.9. The van der Waals surface area contributed by atoms with Gasteiger partial charge in [-0.05, 0) is 18.4 Å². The average Bonchev–Trinajstić information content (AvgIpc) is 2.30. The van der Waals surface area contributed by atoms with Gasteiger partial charge in [-0.3, -0.25) is 9.59 Å². The Morgan fingerprint density at radius 1 is 1.44 bits per heavy atom. The van der Waals surface area contributed by atoms with Crippen LogP contribution < -0.4 is 0 Å². The van der Waals surface area contributed by atoms with Gasteiger partial charge in [-0.2, -0.15) is 0 Å². The minimum absolute atomic E-state index is 0.0564. The molecule has 0 spiro atoms. The fraction of sp³-hybridized carbons (Fsp3) is 0.385. The van der Waals surface area contributed by atoms with Crippen molar-refractivity contribution < 1.29 is 14.7 Å². The third kappa shape index (κ3) is 1.35. The molecule has 3 nitrogen and oxygen atoms in total. The molecule has 0 saturated heterocycles. The van der Waals surface area contributed by atoms with E-state index in [2.05, 4.69) is 0 Å². The Morgan fingerprint density at radius 2 is 2.12 bits per heavy atom. The van der Waals surface area contributed by atoms with E-state index < -0.39 is 11.4 Å². The molecule has 0 bridgehead atoms. The maximum absolute atomic E-state index is 11.7. The zero-order valence-electron chi connectivity index (χ0n) is 9.19. The molecule has 1 aliphatic rings. The fourth-order valence-electron chi connectivity index (χ4n) is 2.48. The van der Waals surface area contributed by atoms with E-state index >= 15 is 0 Å². The van der Waals surface area contributed by atoms with E-state index in [1.54, 1.807) is 24.3 Å². The van der Waals surface area contributed by atoms with Crippen LogP contribution in [0.1, 0.15) is 42.1 Å². The van der Waals surface area contributed by atoms with E-state index in [9.17, 15) is 14.7 Å². The Bertz CT molecular complexity index is 450. The van der Waals surface area contributed by atoms with Gasteiger partial charge in [0.1, 0.15) is 0 Å². The summed E-state index contributed by atoms with van der Waals surface area (Å²) in [5.41, 5.74) is 0.393. The van der Waals surface area contributed by atoms with E-state index in [0.717, 1.165) is 0 Å². The van der Waals surface area contributed by atoms with Crippen LogP contribution in [0.3, 0.4) is 0 Å². The number of ketones is 1. The SMILES string of the molecule is CC[C@]1(C(=O)O)CCC(=O)c2ccccc21. The van der Waals surface area contributed by atoms with Crippen LogP contribution in [0.5, 0.6) is 0 Å². The molecule has 16 heavy (non-hydrogen) atoms. The van der Waals surface area contributed by atoms with Gasteiger partial charge in [0.05, 0.1) is 5.41 Å². The smallest absolute Gasteiger partial charge is 0.314 e. The summed E-state index contributed by atoms with van der Waals surface area (Å²) in [6.45, 7) is 1.86. The molecule has 0 amide bonds. The number of carboxylic acid groups (broad SMARTS) is 1. The van der Waals surface area contributed by atoms with Gasteiger partial charge in [0.15, 0.2) is 5.78 Å². The van der Waals surface area contributed by atoms with Gasteiger partial charge in [0, 0.05) is 12.0 Å². The molecule has 0 aliphatic heterocycles. The number of carboxylic acids is 1. The van der Waals surface area contributed by atoms with Crippen molar-refractivity contribution in [1.82, 2.24) is 0 Å². The largest absolute Gasteiger partial charge is 0.481 e. The number of hydrogen-bond acceptors (Lipinski definition) is 2. The van der Waals surface area contributed by atoms with E-state index in [0.29, 0.717) is 30.4 Å². The lowest BCUT2D eigenvalue weighted by Crippen LogP contribution is -2.40. The Morgan fingerprint density at radius 3 is 2.75 bits per heavy atom. The highest BCUT2D eigenvalue weighted by Gasteiger charge is 2.43. The standard InChI is InChI=1S/C13H14O3/c1-2-13(12(15)16)8-7-11(14)9-5-3-4-6-10(9)13/h3-6H,2,7-8H2,1H3,(H,15,16)/t13-/m0/s1. The number of Topliss-reactive ketones (excluding diaryl/α,β-unsaturated/α-hetero) is 1. The summed E-state index contributed by atoms with van der Waals surface area (Å²) < 4.78 is 0. The summed E-state index contributed by atoms with van der Waals surface area (Å²) in [5, 5.41) is 9.41. The molecule has 3 heteroatoms. The average molecular weight is 218 g/mol. The zero-order chi connectivity index (χ0) is 11.8. The van der Waals surface area contributed by atoms with Crippen LogP contribution in [0.25, 0.3) is 0 Å². The molecule has 1 N–H and O–H groups in total. The number of fused-ring (bicyclic) bond motifs is 1. The normalized spacial score (nSPS) is 23.9. The van der Waals surface area contributed by atoms with Crippen LogP contribution in [0, 0.1) is 0 Å². The Kier molecular flexibility index (Phi) is 2.54. The summed E-state index contributed by atoms with van der Waals surface area (Å²) in [6.07, 6.45) is 1.26. The molecular weight excluding hydrogens is 204 g/mol. The van der Waals surface area contributed by atoms with E-state index in [4.69, 9.17) is 0 Å². The van der Waals surface area contributed by atoms with Gasteiger partial charge in [-0.25, -0.2) is 0 Å². The summed E-state index contributed by atoms with van der Waals surface area (Å²) >= 11 is 0. The minimum atomic E-state index is -0.871. The molecule has 1 aromatic rings. The fourth-order valence-corrected chi connectivity index (χ4v) is 2.48. The number of hydrogen-bond donors (Lipinski definition) is 1. The summed E-state index contributed by atoms with van der Waals surface area (Å²) in [5.74, 6) is -0.768. The van der Waals surface area contributed by atoms with Gasteiger partial charge in [0.25, 0.3) is 0 Å². The lowest BCUT2D eigenvalue weighted by Gasteiger charge is -2.33. The maximum atomic E-state index is 11.7. The summed E-state index contributed by atoms with van der Waals surface area (Å²) in [7, 11) is 0. The minimum Gasteiger partial charge on any atom is -0.481 e. The highest BCUT2D eigenvalue weighted by atomic mass is 16.4. The lowest BCUT2D eigenvalue weighted by atomic mass is 9.68. The first-order chi connectivity index (χ1) is 7.62. The monoisotopic (exact) mass is 218 g/mol. The molecule has 0 saturated carbocycles. The summed E-state index contributed by atoms with van der Waals surface area (Å²) in [4.78, 5) is 23.2. The Balaban J connectivity index is 2.65. The second-order valence-corrected chi connectivity index (χ2v) is 4.21. The van der Waals surface area contributed by atoms with Crippen LogP contribution in [0.2, 0.25) is 0 Å². The molecular formula is C13H14O3. The summed E-state index contributed by atoms with van der Waals surface area (Å²) in [6, 6.07) is 7.07. The molecule has 84 valence electrons. The maximum Gasteiger partial charge on any atom is 0.314 e. The Labute approximate surface area is 94.1 Å². The van der Waals surface area contributed by atoms with Crippen LogP contribution >= 0.6 is 0 Å². The van der Waals surface area contributed by atoms with Crippen LogP contribution in [0.4, 0.5) is 0 Å². The number of aliphatic carboxylic acids is 1. The molecule has 0 fully saturated rings. The van der Waals surface area contributed by atoms with Crippen molar-refractivity contribution >= 4 is 11.8 Å². The molecule has 2 rings (SSSR count). The van der Waals surface area contributed by atoms with E-state index in [-0.39, 0.29) is 5.78 Å². The molecule has 0 heterocycles. The van der Waals surface area contributed by atoms with Crippen LogP contribution in [-0.4, -0.2) is 16.9 Å². The molecule has 1 atom stereocenters. The van der Waals surface area contributed by atoms with Gasteiger partial charge >= 0.3 is 5.97 Å². The lowest BCUT2D eigenvalue weighted by molar-refractivity contribution is -0.144. The highest BCUT2D eigenvalue weighted by Crippen LogP contribution is 2.40. The number of carbonyl (C=O) groups excluding carboxylic acids is 1. The van der Waals surface area contributed by atoms with Gasteiger partial charge in [-0.15, -0.1) is 0 Å². The van der Waals surface area contributed by atoms with Gasteiger partial charge in [0.2, 0.25) is 0 Å². The van der Waals surface area contributed by atoms with Crippen molar-refractivity contribution in [3.63, 3.8) is 0 Å². The molecule has 0 aromatic heterocycles. The van der Waals surface area contributed by atoms with Crippen molar-refractivity contribution in [2.24, 2.45) is 0 Å². The van der Waals surface area contributed by atoms with Gasteiger partial charge < -0.3 is 5.11 Å².